The van der Waals surface area contributed by atoms with Crippen LogP contribution in [0.1, 0.15) is 0 Å². The van der Waals surface area contributed by atoms with E-state index >= 15 is 0 Å². The molecule has 0 saturated carbocycles. The van der Waals surface area contributed by atoms with Crippen molar-refractivity contribution in [2.75, 3.05) is 18.4 Å². The first kappa shape index (κ1) is 30.5. The maximum absolute atomic E-state index is 12.8. The van der Waals surface area contributed by atoms with Crippen molar-refractivity contribution in [1.29, 1.82) is 0 Å². The van der Waals surface area contributed by atoms with E-state index in [2.05, 4.69) is 15.4 Å². The summed E-state index contributed by atoms with van der Waals surface area (Å²) in [6, 6.07) is 17.1. The van der Waals surface area contributed by atoms with Crippen LogP contribution in [0.2, 0.25) is 0 Å². The number of urea groups is 1. The van der Waals surface area contributed by atoms with E-state index in [0.29, 0.717) is 16.1 Å². The van der Waals surface area contributed by atoms with Gasteiger partial charge in [0.2, 0.25) is 10.0 Å². The molecule has 0 fully saturated rings. The summed E-state index contributed by atoms with van der Waals surface area (Å²) in [4.78, 5) is 43.3. The first-order valence-electron chi connectivity index (χ1n) is 12.0. The standard InChI is InChI=1S/C25H20N6O10S2/c32-25(28-16-5-7-17(8-6-16)29(33)34)26-13-14-27-43(39,40)24-12-11-23(42-24)19-3-1-2-4-22(19)41-18-9-10-20(30(35)36)21(15-18)31(37)38/h1-12,15,27H,13-14H2,(H2,26,28,32). The Morgan fingerprint density at radius 1 is 0.814 bits per heavy atom. The number of thiophene rings is 1. The minimum Gasteiger partial charge on any atom is -0.456 e. The molecule has 0 saturated heterocycles. The van der Waals surface area contributed by atoms with E-state index in [0.717, 1.165) is 23.5 Å². The van der Waals surface area contributed by atoms with Crippen molar-refractivity contribution < 1.29 is 32.7 Å². The fraction of sp³-hybridized carbons (Fsp3) is 0.0800. The molecule has 0 unspecified atom stereocenters. The van der Waals surface area contributed by atoms with Crippen molar-refractivity contribution in [2.24, 2.45) is 0 Å². The highest BCUT2D eigenvalue weighted by atomic mass is 32.2. The van der Waals surface area contributed by atoms with Crippen molar-refractivity contribution in [3.63, 3.8) is 0 Å². The van der Waals surface area contributed by atoms with Gasteiger partial charge in [0, 0.05) is 47.4 Å². The number of ether oxygens (including phenoxy) is 1. The highest BCUT2D eigenvalue weighted by Gasteiger charge is 2.25. The average Bonchev–Trinajstić information content (AvgIpc) is 3.47. The van der Waals surface area contributed by atoms with Gasteiger partial charge in [-0.05, 0) is 42.5 Å². The number of nitro groups is 3. The van der Waals surface area contributed by atoms with Gasteiger partial charge in [0.05, 0.1) is 20.8 Å². The Bertz CT molecular complexity index is 1810. The minimum absolute atomic E-state index is 0.0269. The second kappa shape index (κ2) is 13.0. The number of hydrogen-bond acceptors (Lipinski definition) is 11. The smallest absolute Gasteiger partial charge is 0.349 e. The molecule has 4 aromatic rings. The van der Waals surface area contributed by atoms with E-state index in [-0.39, 0.29) is 34.5 Å². The van der Waals surface area contributed by atoms with Crippen LogP contribution in [-0.2, 0) is 10.0 Å². The number of nitrogens with one attached hydrogen (secondary N) is 3. The highest BCUT2D eigenvalue weighted by molar-refractivity contribution is 7.91. The lowest BCUT2D eigenvalue weighted by molar-refractivity contribution is -0.422. The number of nitro benzene ring substituents is 3. The minimum atomic E-state index is -3.96. The third-order valence-electron chi connectivity index (χ3n) is 5.61. The fourth-order valence-corrected chi connectivity index (χ4v) is 6.05. The van der Waals surface area contributed by atoms with Gasteiger partial charge >= 0.3 is 17.4 Å². The van der Waals surface area contributed by atoms with Crippen LogP contribution in [0, 0.1) is 30.3 Å². The maximum Gasteiger partial charge on any atom is 0.349 e. The van der Waals surface area contributed by atoms with Crippen LogP contribution < -0.4 is 20.1 Å². The molecule has 1 aromatic heterocycles. The molecule has 1 heterocycles. The van der Waals surface area contributed by atoms with Crippen molar-refractivity contribution in [1.82, 2.24) is 10.0 Å². The first-order chi connectivity index (χ1) is 20.4. The fourth-order valence-electron chi connectivity index (χ4n) is 3.64. The summed E-state index contributed by atoms with van der Waals surface area (Å²) < 4.78 is 33.8. The zero-order chi connectivity index (χ0) is 31.1. The van der Waals surface area contributed by atoms with E-state index in [1.807, 2.05) is 0 Å². The Balaban J connectivity index is 1.38. The number of benzene rings is 3. The molecule has 3 N–H and O–H groups in total. The number of non-ortho nitro benzene ring substituents is 1. The molecule has 0 aliphatic heterocycles. The van der Waals surface area contributed by atoms with Gasteiger partial charge in [0.1, 0.15) is 15.7 Å². The third kappa shape index (κ3) is 7.64. The zero-order valence-electron chi connectivity index (χ0n) is 21.7. The Morgan fingerprint density at radius 3 is 2.19 bits per heavy atom. The zero-order valence-corrected chi connectivity index (χ0v) is 23.3. The summed E-state index contributed by atoms with van der Waals surface area (Å²) in [5.74, 6) is 0.202. The molecule has 43 heavy (non-hydrogen) atoms. The van der Waals surface area contributed by atoms with E-state index < -0.39 is 42.2 Å². The second-order valence-electron chi connectivity index (χ2n) is 8.46. The molecular formula is C25H20N6O10S2. The van der Waals surface area contributed by atoms with Crippen LogP contribution >= 0.6 is 11.3 Å². The third-order valence-corrected chi connectivity index (χ3v) is 8.68. The Hall–Kier alpha value is -5.46. The molecule has 0 atom stereocenters. The molecule has 0 radical (unpaired) electrons. The molecule has 2 amide bonds. The molecule has 0 aliphatic rings. The monoisotopic (exact) mass is 628 g/mol. The summed E-state index contributed by atoms with van der Waals surface area (Å²) >= 11 is 0.926. The number of nitrogens with zero attached hydrogens (tertiary/aromatic N) is 3. The van der Waals surface area contributed by atoms with Gasteiger partial charge in [-0.25, -0.2) is 17.9 Å². The largest absolute Gasteiger partial charge is 0.456 e. The van der Waals surface area contributed by atoms with Gasteiger partial charge in [0.15, 0.2) is 0 Å². The average molecular weight is 629 g/mol. The van der Waals surface area contributed by atoms with Gasteiger partial charge in [-0.3, -0.25) is 30.3 Å². The summed E-state index contributed by atoms with van der Waals surface area (Å²) in [7, 11) is -3.96. The van der Waals surface area contributed by atoms with Gasteiger partial charge in [-0.15, -0.1) is 11.3 Å². The number of amides is 2. The van der Waals surface area contributed by atoms with E-state index in [4.69, 9.17) is 4.74 Å². The Labute approximate surface area is 246 Å². The van der Waals surface area contributed by atoms with Crippen LogP contribution in [0.4, 0.5) is 27.5 Å². The topological polar surface area (TPSA) is 226 Å². The van der Waals surface area contributed by atoms with Crippen molar-refractivity contribution in [3.05, 3.63) is 109 Å². The molecular weight excluding hydrogens is 608 g/mol. The quantitative estimate of drug-likeness (QED) is 0.108. The molecule has 0 bridgehead atoms. The van der Waals surface area contributed by atoms with Crippen LogP contribution in [0.3, 0.4) is 0 Å². The number of anilines is 1. The normalized spacial score (nSPS) is 11.0. The Kier molecular flexibility index (Phi) is 9.23. The molecule has 18 heteroatoms. The number of carbonyl (C=O) groups is 1. The number of sulfonamides is 1. The van der Waals surface area contributed by atoms with Gasteiger partial charge < -0.3 is 15.4 Å². The summed E-state index contributed by atoms with van der Waals surface area (Å²) in [5.41, 5.74) is -0.783. The number of carbonyl (C=O) groups excluding carboxylic acids is 1. The lowest BCUT2D eigenvalue weighted by Crippen LogP contribution is -2.36. The first-order valence-corrected chi connectivity index (χ1v) is 14.3. The lowest BCUT2D eigenvalue weighted by atomic mass is 10.1. The van der Waals surface area contributed by atoms with E-state index in [1.165, 1.54) is 36.4 Å². The molecule has 4 rings (SSSR count). The summed E-state index contributed by atoms with van der Waals surface area (Å²) in [6.07, 6.45) is 0. The molecule has 3 aromatic carbocycles. The number of para-hydroxylation sites is 1. The highest BCUT2D eigenvalue weighted by Crippen LogP contribution is 2.39. The maximum atomic E-state index is 12.8. The van der Waals surface area contributed by atoms with Crippen LogP contribution in [0.15, 0.2) is 83.1 Å². The second-order valence-corrected chi connectivity index (χ2v) is 11.5. The van der Waals surface area contributed by atoms with Crippen molar-refractivity contribution in [2.45, 2.75) is 4.21 Å². The predicted octanol–water partition coefficient (Wildman–Crippen LogP) is 5.03. The Morgan fingerprint density at radius 2 is 1.51 bits per heavy atom. The predicted molar refractivity (Wildman–Crippen MR) is 155 cm³/mol. The lowest BCUT2D eigenvalue weighted by Gasteiger charge is -2.10. The number of rotatable bonds is 12. The SMILES string of the molecule is O=C(NCCNS(=O)(=O)c1ccc(-c2ccccc2Oc2ccc([N+](=O)[O-])c([N+](=O)[O-])c2)s1)Nc1ccc([N+](=O)[O-])cc1. The van der Waals surface area contributed by atoms with Crippen LogP contribution in [0.5, 0.6) is 11.5 Å². The van der Waals surface area contributed by atoms with Crippen molar-refractivity contribution in [3.8, 4) is 21.9 Å². The van der Waals surface area contributed by atoms with Crippen LogP contribution in [0.25, 0.3) is 10.4 Å². The van der Waals surface area contributed by atoms with Gasteiger partial charge in [-0.2, -0.15) is 0 Å². The van der Waals surface area contributed by atoms with Gasteiger partial charge in [0.25, 0.3) is 5.69 Å². The molecule has 0 spiro atoms. The molecule has 0 aliphatic carbocycles. The van der Waals surface area contributed by atoms with E-state index in [1.54, 1.807) is 30.3 Å². The van der Waals surface area contributed by atoms with Crippen molar-refractivity contribution >= 4 is 50.1 Å². The van der Waals surface area contributed by atoms with Gasteiger partial charge in [-0.1, -0.05) is 12.1 Å². The van der Waals surface area contributed by atoms with E-state index in [9.17, 15) is 43.6 Å². The summed E-state index contributed by atoms with van der Waals surface area (Å²) in [6.45, 7) is -0.198. The number of hydrogen-bond donors (Lipinski definition) is 3. The molecule has 16 nitrogen and oxygen atoms in total. The molecule has 222 valence electrons. The van der Waals surface area contributed by atoms with Crippen LogP contribution in [-0.4, -0.2) is 42.3 Å². The summed E-state index contributed by atoms with van der Waals surface area (Å²) in [5, 5.41) is 38.0.